The van der Waals surface area contributed by atoms with E-state index in [0.29, 0.717) is 0 Å². The first-order valence-corrected chi connectivity index (χ1v) is 21.6. The molecule has 0 radical (unpaired) electrons. The van der Waals surface area contributed by atoms with Crippen LogP contribution < -0.4 is 4.90 Å². The molecular weight excluding hydrogens is 757 g/mol. The Bertz CT molecular complexity index is 3540. The first-order valence-electron chi connectivity index (χ1n) is 20.8. The molecule has 2 nitrogen and oxygen atoms in total. The van der Waals surface area contributed by atoms with Crippen molar-refractivity contribution in [3.05, 3.63) is 231 Å². The smallest absolute Gasteiger partial charge is 0.0547 e. The van der Waals surface area contributed by atoms with Gasteiger partial charge < -0.3 is 9.47 Å². The van der Waals surface area contributed by atoms with E-state index >= 15 is 0 Å². The van der Waals surface area contributed by atoms with E-state index in [9.17, 15) is 0 Å². The molecule has 0 amide bonds. The van der Waals surface area contributed by atoms with Gasteiger partial charge in [0.15, 0.2) is 0 Å². The second kappa shape index (κ2) is 14.5. The van der Waals surface area contributed by atoms with Gasteiger partial charge in [0.1, 0.15) is 0 Å². The number of thiophene rings is 1. The van der Waals surface area contributed by atoms with Gasteiger partial charge in [0, 0.05) is 53.7 Å². The molecule has 0 spiro atoms. The molecule has 12 aromatic rings. The number of hydrogen-bond donors (Lipinski definition) is 0. The highest BCUT2D eigenvalue weighted by atomic mass is 32.1. The lowest BCUT2D eigenvalue weighted by Crippen LogP contribution is -2.09. The van der Waals surface area contributed by atoms with Crippen molar-refractivity contribution in [1.82, 2.24) is 4.57 Å². The summed E-state index contributed by atoms with van der Waals surface area (Å²) in [6, 6.07) is 84.0. The van der Waals surface area contributed by atoms with E-state index in [1.54, 1.807) is 0 Å². The number of hydrogen-bond acceptors (Lipinski definition) is 2. The minimum absolute atomic E-state index is 1.10. The first-order chi connectivity index (χ1) is 30.2. The van der Waals surface area contributed by atoms with Crippen molar-refractivity contribution in [3.8, 4) is 39.1 Å². The Kier molecular flexibility index (Phi) is 8.39. The lowest BCUT2D eigenvalue weighted by atomic mass is 9.99. The standard InChI is InChI=1S/C58H38N2S/c1-2-11-39(12-3-1)40-21-30-45(31-22-40)59(47-36-27-44(28-37-47)50-17-10-20-56-58(50)52-16-7-9-19-55(52)61-56)46-32-23-41(24-33-46)42-25-34-48(35-26-42)60-53-18-8-6-15-51(53)57-49-14-5-4-13-43(49)29-38-54(57)60/h1-38H. The molecule has 0 aliphatic carbocycles. The van der Waals surface area contributed by atoms with E-state index in [0.717, 1.165) is 22.7 Å². The molecule has 0 aliphatic heterocycles. The van der Waals surface area contributed by atoms with Crippen LogP contribution in [-0.4, -0.2) is 4.57 Å². The van der Waals surface area contributed by atoms with Crippen molar-refractivity contribution in [1.29, 1.82) is 0 Å². The zero-order chi connectivity index (χ0) is 40.3. The summed E-state index contributed by atoms with van der Waals surface area (Å²) < 4.78 is 5.04. The Morgan fingerprint density at radius 1 is 0.311 bits per heavy atom. The van der Waals surface area contributed by atoms with Crippen LogP contribution in [0.4, 0.5) is 17.1 Å². The minimum Gasteiger partial charge on any atom is -0.311 e. The van der Waals surface area contributed by atoms with Crippen molar-refractivity contribution in [3.63, 3.8) is 0 Å². The molecule has 12 rings (SSSR count). The number of nitrogens with zero attached hydrogens (tertiary/aromatic N) is 2. The van der Waals surface area contributed by atoms with Crippen molar-refractivity contribution < 1.29 is 0 Å². The Morgan fingerprint density at radius 2 is 0.836 bits per heavy atom. The molecule has 0 saturated heterocycles. The monoisotopic (exact) mass is 794 g/mol. The largest absolute Gasteiger partial charge is 0.311 e. The van der Waals surface area contributed by atoms with Gasteiger partial charge in [-0.2, -0.15) is 0 Å². The van der Waals surface area contributed by atoms with Gasteiger partial charge in [0.2, 0.25) is 0 Å². The van der Waals surface area contributed by atoms with Crippen LogP contribution in [0.25, 0.3) is 91.8 Å². The SMILES string of the molecule is c1ccc(-c2ccc(N(c3ccc(-c4ccc(-n5c6ccccc6c6c7ccccc7ccc65)cc4)cc3)c3ccc(-c4cccc5sc6ccccc6c45)cc3)cc2)cc1. The molecule has 3 heteroatoms. The molecule has 0 unspecified atom stereocenters. The van der Waals surface area contributed by atoms with E-state index in [2.05, 4.69) is 240 Å². The molecule has 2 aromatic heterocycles. The van der Waals surface area contributed by atoms with E-state index < -0.39 is 0 Å². The van der Waals surface area contributed by atoms with Crippen molar-refractivity contribution in [2.45, 2.75) is 0 Å². The van der Waals surface area contributed by atoms with Gasteiger partial charge in [-0.1, -0.05) is 158 Å². The van der Waals surface area contributed by atoms with E-state index in [4.69, 9.17) is 0 Å². The third-order valence-electron chi connectivity index (χ3n) is 12.2. The fourth-order valence-electron chi connectivity index (χ4n) is 9.31. The summed E-state index contributed by atoms with van der Waals surface area (Å²) in [5.74, 6) is 0. The van der Waals surface area contributed by atoms with Crippen molar-refractivity contribution in [2.24, 2.45) is 0 Å². The summed E-state index contributed by atoms with van der Waals surface area (Å²) in [7, 11) is 0. The number of fused-ring (bicyclic) bond motifs is 8. The van der Waals surface area contributed by atoms with E-state index in [1.165, 1.54) is 86.1 Å². The Balaban J connectivity index is 0.904. The summed E-state index contributed by atoms with van der Waals surface area (Å²) in [5.41, 5.74) is 14.1. The maximum absolute atomic E-state index is 2.40. The fourth-order valence-corrected chi connectivity index (χ4v) is 10.4. The molecule has 0 saturated carbocycles. The second-order valence-electron chi connectivity index (χ2n) is 15.7. The highest BCUT2D eigenvalue weighted by Crippen LogP contribution is 2.43. The number of anilines is 3. The lowest BCUT2D eigenvalue weighted by molar-refractivity contribution is 1.18. The van der Waals surface area contributed by atoms with Crippen LogP contribution in [0.2, 0.25) is 0 Å². The quantitative estimate of drug-likeness (QED) is 0.156. The van der Waals surface area contributed by atoms with Gasteiger partial charge in [-0.3, -0.25) is 0 Å². The minimum atomic E-state index is 1.10. The van der Waals surface area contributed by atoms with Crippen LogP contribution in [0.15, 0.2) is 231 Å². The van der Waals surface area contributed by atoms with E-state index in [1.807, 2.05) is 11.3 Å². The maximum atomic E-state index is 2.40. The van der Waals surface area contributed by atoms with Crippen LogP contribution in [0.1, 0.15) is 0 Å². The molecule has 0 atom stereocenters. The summed E-state index contributed by atoms with van der Waals surface area (Å²) in [6.07, 6.45) is 0. The zero-order valence-electron chi connectivity index (χ0n) is 33.2. The van der Waals surface area contributed by atoms with Gasteiger partial charge in [0.05, 0.1) is 11.0 Å². The van der Waals surface area contributed by atoms with Crippen LogP contribution >= 0.6 is 11.3 Å². The first kappa shape index (κ1) is 35.2. The predicted octanol–water partition coefficient (Wildman–Crippen LogP) is 16.8. The third-order valence-corrected chi connectivity index (χ3v) is 13.4. The molecule has 2 heterocycles. The van der Waals surface area contributed by atoms with Crippen molar-refractivity contribution >= 4 is 81.1 Å². The summed E-state index contributed by atoms with van der Waals surface area (Å²) in [6.45, 7) is 0. The highest BCUT2D eigenvalue weighted by Gasteiger charge is 2.17. The summed E-state index contributed by atoms with van der Waals surface area (Å²) in [4.78, 5) is 2.36. The predicted molar refractivity (Wildman–Crippen MR) is 262 cm³/mol. The fraction of sp³-hybridized carbons (Fsp3) is 0. The summed E-state index contributed by atoms with van der Waals surface area (Å²) in [5, 5.41) is 7.77. The topological polar surface area (TPSA) is 8.17 Å². The van der Waals surface area contributed by atoms with Gasteiger partial charge in [-0.15, -0.1) is 11.3 Å². The Labute approximate surface area is 358 Å². The van der Waals surface area contributed by atoms with Gasteiger partial charge in [-0.05, 0) is 117 Å². The molecule has 286 valence electrons. The average molecular weight is 795 g/mol. The second-order valence-corrected chi connectivity index (χ2v) is 16.8. The molecular formula is C58H38N2S. The number of benzene rings is 10. The van der Waals surface area contributed by atoms with Crippen LogP contribution in [-0.2, 0) is 0 Å². The van der Waals surface area contributed by atoms with Crippen LogP contribution in [0, 0.1) is 0 Å². The Hall–Kier alpha value is -7.72. The Morgan fingerprint density at radius 3 is 1.52 bits per heavy atom. The van der Waals surface area contributed by atoms with Gasteiger partial charge in [-0.25, -0.2) is 0 Å². The molecule has 61 heavy (non-hydrogen) atoms. The highest BCUT2D eigenvalue weighted by molar-refractivity contribution is 7.25. The normalized spacial score (nSPS) is 11.6. The molecule has 0 bridgehead atoms. The molecule has 10 aromatic carbocycles. The number of para-hydroxylation sites is 1. The summed E-state index contributed by atoms with van der Waals surface area (Å²) >= 11 is 1.86. The molecule has 0 N–H and O–H groups in total. The third kappa shape index (κ3) is 6.01. The lowest BCUT2D eigenvalue weighted by Gasteiger charge is -2.26. The van der Waals surface area contributed by atoms with Gasteiger partial charge in [0.25, 0.3) is 0 Å². The van der Waals surface area contributed by atoms with Crippen LogP contribution in [0.5, 0.6) is 0 Å². The molecule has 0 aliphatic rings. The van der Waals surface area contributed by atoms with Crippen molar-refractivity contribution in [2.75, 3.05) is 4.90 Å². The molecule has 0 fully saturated rings. The maximum Gasteiger partial charge on any atom is 0.0547 e. The number of aromatic nitrogens is 1. The van der Waals surface area contributed by atoms with Crippen LogP contribution in [0.3, 0.4) is 0 Å². The van der Waals surface area contributed by atoms with E-state index in [-0.39, 0.29) is 0 Å². The zero-order valence-corrected chi connectivity index (χ0v) is 34.1. The number of rotatable bonds is 7. The van der Waals surface area contributed by atoms with Gasteiger partial charge >= 0.3 is 0 Å². The average Bonchev–Trinajstić information content (AvgIpc) is 3.89.